The molecule has 6 heteroatoms. The number of likely N-dealkylation sites (tertiary alicyclic amines) is 1. The van der Waals surface area contributed by atoms with Gasteiger partial charge in [0.15, 0.2) is 5.78 Å². The summed E-state index contributed by atoms with van der Waals surface area (Å²) in [5, 5.41) is 12.4. The van der Waals surface area contributed by atoms with E-state index in [0.29, 0.717) is 28.7 Å². The Morgan fingerprint density at radius 1 is 1.37 bits per heavy atom. The summed E-state index contributed by atoms with van der Waals surface area (Å²) < 4.78 is 0. The maximum absolute atomic E-state index is 12.4. The SMILES string of the molecule is O=C(c1ccc(Cl)cc1Cl)C1CCN(C=NO)CC1. The Morgan fingerprint density at radius 3 is 2.63 bits per heavy atom. The normalized spacial score (nSPS) is 17.1. The van der Waals surface area contributed by atoms with Crippen LogP contribution in [0.4, 0.5) is 0 Å². The molecule has 0 atom stereocenters. The fourth-order valence-corrected chi connectivity index (χ4v) is 2.76. The van der Waals surface area contributed by atoms with E-state index in [2.05, 4.69) is 5.16 Å². The fourth-order valence-electron chi connectivity index (χ4n) is 2.26. The van der Waals surface area contributed by atoms with Gasteiger partial charge in [0.1, 0.15) is 6.34 Å². The second kappa shape index (κ2) is 6.26. The monoisotopic (exact) mass is 300 g/mol. The minimum atomic E-state index is -0.0398. The van der Waals surface area contributed by atoms with Gasteiger partial charge in [0.2, 0.25) is 0 Å². The van der Waals surface area contributed by atoms with Crippen LogP contribution in [0.25, 0.3) is 0 Å². The quantitative estimate of drug-likeness (QED) is 0.306. The van der Waals surface area contributed by atoms with E-state index in [1.165, 1.54) is 6.34 Å². The molecule has 0 amide bonds. The topological polar surface area (TPSA) is 52.9 Å². The van der Waals surface area contributed by atoms with Crippen molar-refractivity contribution in [1.82, 2.24) is 4.90 Å². The molecular weight excluding hydrogens is 287 g/mol. The first-order valence-corrected chi connectivity index (χ1v) is 6.78. The van der Waals surface area contributed by atoms with E-state index in [-0.39, 0.29) is 11.7 Å². The minimum Gasteiger partial charge on any atom is -0.410 e. The van der Waals surface area contributed by atoms with Crippen molar-refractivity contribution in [3.8, 4) is 0 Å². The molecule has 0 aliphatic carbocycles. The van der Waals surface area contributed by atoms with Crippen molar-refractivity contribution < 1.29 is 10.0 Å². The predicted molar refractivity (Wildman–Crippen MR) is 75.4 cm³/mol. The number of carbonyl (C=O) groups excluding carboxylic acids is 1. The number of carbonyl (C=O) groups is 1. The van der Waals surface area contributed by atoms with Gasteiger partial charge >= 0.3 is 0 Å². The van der Waals surface area contributed by atoms with Crippen LogP contribution in [0.3, 0.4) is 0 Å². The summed E-state index contributed by atoms with van der Waals surface area (Å²) in [6.07, 6.45) is 2.84. The van der Waals surface area contributed by atoms with Crippen molar-refractivity contribution in [2.75, 3.05) is 13.1 Å². The summed E-state index contributed by atoms with van der Waals surface area (Å²) in [4.78, 5) is 14.2. The average Bonchev–Trinajstić information content (AvgIpc) is 2.39. The second-order valence-electron chi connectivity index (χ2n) is 4.53. The van der Waals surface area contributed by atoms with Gasteiger partial charge < -0.3 is 10.1 Å². The van der Waals surface area contributed by atoms with Crippen molar-refractivity contribution in [2.45, 2.75) is 12.8 Å². The average molecular weight is 301 g/mol. The molecule has 4 nitrogen and oxygen atoms in total. The highest BCUT2D eigenvalue weighted by Crippen LogP contribution is 2.27. The van der Waals surface area contributed by atoms with Crippen molar-refractivity contribution in [1.29, 1.82) is 0 Å². The molecule has 19 heavy (non-hydrogen) atoms. The summed E-state index contributed by atoms with van der Waals surface area (Å²) in [6, 6.07) is 4.94. The van der Waals surface area contributed by atoms with Gasteiger partial charge in [-0.15, -0.1) is 0 Å². The zero-order valence-corrected chi connectivity index (χ0v) is 11.7. The highest BCUT2D eigenvalue weighted by atomic mass is 35.5. The van der Waals surface area contributed by atoms with Crippen LogP contribution in [-0.4, -0.2) is 35.3 Å². The van der Waals surface area contributed by atoms with Crippen molar-refractivity contribution in [3.05, 3.63) is 33.8 Å². The van der Waals surface area contributed by atoms with Crippen LogP contribution in [0.1, 0.15) is 23.2 Å². The van der Waals surface area contributed by atoms with Gasteiger partial charge in [-0.25, -0.2) is 0 Å². The smallest absolute Gasteiger partial charge is 0.167 e. The molecule has 2 rings (SSSR count). The Hall–Kier alpha value is -1.26. The van der Waals surface area contributed by atoms with Crippen LogP contribution >= 0.6 is 23.2 Å². The van der Waals surface area contributed by atoms with E-state index in [1.807, 2.05) is 4.90 Å². The van der Waals surface area contributed by atoms with E-state index in [1.54, 1.807) is 18.2 Å². The molecule has 0 saturated carbocycles. The largest absolute Gasteiger partial charge is 0.410 e. The molecule has 102 valence electrons. The summed E-state index contributed by atoms with van der Waals surface area (Å²) in [5.41, 5.74) is 0.528. The molecule has 1 aliphatic heterocycles. The van der Waals surface area contributed by atoms with E-state index in [9.17, 15) is 4.79 Å². The van der Waals surface area contributed by atoms with Crippen molar-refractivity contribution in [2.24, 2.45) is 11.1 Å². The van der Waals surface area contributed by atoms with Gasteiger partial charge in [-0.05, 0) is 31.0 Å². The number of piperidine rings is 1. The number of nitrogens with zero attached hydrogens (tertiary/aromatic N) is 2. The van der Waals surface area contributed by atoms with Gasteiger partial charge in [-0.2, -0.15) is 0 Å². The molecule has 1 heterocycles. The number of rotatable bonds is 3. The number of oxime groups is 1. The van der Waals surface area contributed by atoms with Crippen LogP contribution in [0.2, 0.25) is 10.0 Å². The molecule has 1 aromatic carbocycles. The first-order valence-electron chi connectivity index (χ1n) is 6.02. The maximum atomic E-state index is 12.4. The second-order valence-corrected chi connectivity index (χ2v) is 5.37. The third-order valence-electron chi connectivity index (χ3n) is 3.31. The van der Waals surface area contributed by atoms with Crippen LogP contribution < -0.4 is 0 Å². The highest BCUT2D eigenvalue weighted by Gasteiger charge is 2.26. The Labute approximate surface area is 121 Å². The standard InChI is InChI=1S/C13H14Cl2N2O2/c14-10-1-2-11(12(15)7-10)13(18)9-3-5-17(6-4-9)8-16-19/h1-2,7-9,19H,3-6H2. The van der Waals surface area contributed by atoms with Gasteiger partial charge in [-0.1, -0.05) is 28.4 Å². The lowest BCUT2D eigenvalue weighted by molar-refractivity contribution is 0.0873. The zero-order valence-electron chi connectivity index (χ0n) is 10.2. The van der Waals surface area contributed by atoms with Crippen molar-refractivity contribution in [3.63, 3.8) is 0 Å². The lowest BCUT2D eigenvalue weighted by atomic mass is 9.89. The van der Waals surface area contributed by atoms with Crippen LogP contribution in [0, 0.1) is 5.92 Å². The highest BCUT2D eigenvalue weighted by molar-refractivity contribution is 6.36. The molecule has 1 aromatic rings. The predicted octanol–water partition coefficient (Wildman–Crippen LogP) is 3.31. The number of hydrogen-bond donors (Lipinski definition) is 1. The van der Waals surface area contributed by atoms with Gasteiger partial charge in [0.25, 0.3) is 0 Å². The van der Waals surface area contributed by atoms with Gasteiger partial charge in [0, 0.05) is 29.6 Å². The number of Topliss-reactive ketones (excluding diaryl/α,β-unsaturated/α-hetero) is 1. The molecule has 0 aromatic heterocycles. The first-order chi connectivity index (χ1) is 9.11. The molecule has 1 fully saturated rings. The summed E-state index contributed by atoms with van der Waals surface area (Å²) in [5.74, 6) is 0.0178. The molecule has 0 unspecified atom stereocenters. The Morgan fingerprint density at radius 2 is 2.05 bits per heavy atom. The zero-order chi connectivity index (χ0) is 13.8. The summed E-state index contributed by atoms with van der Waals surface area (Å²) in [7, 11) is 0. The third kappa shape index (κ3) is 3.39. The fraction of sp³-hybridized carbons (Fsp3) is 0.385. The van der Waals surface area contributed by atoms with E-state index >= 15 is 0 Å². The summed E-state index contributed by atoms with van der Waals surface area (Å²) in [6.45, 7) is 1.40. The van der Waals surface area contributed by atoms with E-state index < -0.39 is 0 Å². The molecule has 0 spiro atoms. The maximum Gasteiger partial charge on any atom is 0.167 e. The Balaban J connectivity index is 2.05. The number of hydrogen-bond acceptors (Lipinski definition) is 3. The molecule has 0 bridgehead atoms. The first kappa shape index (κ1) is 14.2. The summed E-state index contributed by atoms with van der Waals surface area (Å²) >= 11 is 11.9. The number of halogens is 2. The molecular formula is C13H14Cl2N2O2. The molecule has 1 saturated heterocycles. The Kier molecular flexibility index (Phi) is 4.66. The van der Waals surface area contributed by atoms with E-state index in [4.69, 9.17) is 28.4 Å². The van der Waals surface area contributed by atoms with Crippen LogP contribution in [0.15, 0.2) is 23.4 Å². The Bertz CT molecular complexity index is 497. The van der Waals surface area contributed by atoms with Crippen LogP contribution in [0.5, 0.6) is 0 Å². The van der Waals surface area contributed by atoms with Crippen molar-refractivity contribution >= 4 is 35.3 Å². The van der Waals surface area contributed by atoms with Crippen LogP contribution in [-0.2, 0) is 0 Å². The lowest BCUT2D eigenvalue weighted by Gasteiger charge is -2.29. The van der Waals surface area contributed by atoms with Gasteiger partial charge in [0.05, 0.1) is 5.02 Å². The minimum absolute atomic E-state index is 0.0398. The molecule has 1 aliphatic rings. The third-order valence-corrected chi connectivity index (χ3v) is 3.86. The molecule has 0 radical (unpaired) electrons. The van der Waals surface area contributed by atoms with E-state index in [0.717, 1.165) is 12.8 Å². The lowest BCUT2D eigenvalue weighted by Crippen LogP contribution is -2.35. The van der Waals surface area contributed by atoms with Gasteiger partial charge in [-0.3, -0.25) is 4.79 Å². The number of benzene rings is 1. The molecule has 1 N–H and O–H groups in total. The number of ketones is 1.